The summed E-state index contributed by atoms with van der Waals surface area (Å²) in [5.41, 5.74) is 6.84. The highest BCUT2D eigenvalue weighted by atomic mass is 32.2. The number of carbonyl (C=O) groups excluding carboxylic acids is 1. The Hall–Kier alpha value is -1.00. The van der Waals surface area contributed by atoms with Crippen LogP contribution in [0.2, 0.25) is 0 Å². The number of hydrogen-bond acceptors (Lipinski definition) is 3. The third kappa shape index (κ3) is 3.75. The molecule has 0 aliphatic heterocycles. The zero-order chi connectivity index (χ0) is 12.8. The molecule has 0 heterocycles. The fourth-order valence-corrected chi connectivity index (χ4v) is 2.30. The van der Waals surface area contributed by atoms with Gasteiger partial charge in [0.2, 0.25) is 5.91 Å². The van der Waals surface area contributed by atoms with Crippen LogP contribution in [0.5, 0.6) is 0 Å². The molecule has 0 aliphatic carbocycles. The molecule has 1 rings (SSSR count). The van der Waals surface area contributed by atoms with Gasteiger partial charge >= 0.3 is 0 Å². The lowest BCUT2D eigenvalue weighted by Crippen LogP contribution is -2.42. The van der Waals surface area contributed by atoms with E-state index >= 15 is 0 Å². The van der Waals surface area contributed by atoms with Gasteiger partial charge in [0.25, 0.3) is 0 Å². The van der Waals surface area contributed by atoms with E-state index in [0.29, 0.717) is 0 Å². The maximum Gasteiger partial charge on any atom is 0.244 e. The number of thioether (sulfide) groups is 1. The zero-order valence-electron chi connectivity index (χ0n) is 10.6. The van der Waals surface area contributed by atoms with Crippen molar-refractivity contribution >= 4 is 17.7 Å². The lowest BCUT2D eigenvalue weighted by Gasteiger charge is -2.27. The fourth-order valence-electron chi connectivity index (χ4n) is 1.59. The highest BCUT2D eigenvalue weighted by Gasteiger charge is 2.22. The summed E-state index contributed by atoms with van der Waals surface area (Å²) in [5, 5.41) is 0. The molecule has 3 nitrogen and oxygen atoms in total. The van der Waals surface area contributed by atoms with E-state index in [2.05, 4.69) is 0 Å². The summed E-state index contributed by atoms with van der Waals surface area (Å²) >= 11 is 1.73. The molecule has 0 saturated carbocycles. The van der Waals surface area contributed by atoms with E-state index in [4.69, 9.17) is 5.73 Å². The van der Waals surface area contributed by atoms with Crippen molar-refractivity contribution in [3.8, 4) is 0 Å². The van der Waals surface area contributed by atoms with Gasteiger partial charge in [-0.25, -0.2) is 0 Å². The van der Waals surface area contributed by atoms with Crippen molar-refractivity contribution in [3.05, 3.63) is 35.9 Å². The normalized spacial score (nSPS) is 14.1. The highest BCUT2D eigenvalue weighted by Crippen LogP contribution is 2.14. The Morgan fingerprint density at radius 1 is 1.41 bits per heavy atom. The second-order valence-electron chi connectivity index (χ2n) is 4.14. The van der Waals surface area contributed by atoms with Crippen molar-refractivity contribution in [2.75, 3.05) is 19.1 Å². The Labute approximate surface area is 107 Å². The van der Waals surface area contributed by atoms with Gasteiger partial charge in [-0.05, 0) is 18.7 Å². The van der Waals surface area contributed by atoms with E-state index in [1.165, 1.54) is 0 Å². The zero-order valence-corrected chi connectivity index (χ0v) is 11.4. The molecule has 1 amide bonds. The number of carbonyl (C=O) groups is 1. The van der Waals surface area contributed by atoms with Crippen LogP contribution >= 0.6 is 11.8 Å². The second kappa shape index (κ2) is 6.67. The molecule has 0 aliphatic rings. The van der Waals surface area contributed by atoms with Crippen molar-refractivity contribution < 1.29 is 4.79 Å². The fraction of sp³-hybridized carbons (Fsp3) is 0.462. The number of amides is 1. The van der Waals surface area contributed by atoms with Crippen LogP contribution in [0.4, 0.5) is 0 Å². The SMILES string of the molecule is CSCC(C)N(C)C(=O)C(N)c1ccccc1. The topological polar surface area (TPSA) is 46.3 Å². The summed E-state index contributed by atoms with van der Waals surface area (Å²) in [7, 11) is 1.81. The van der Waals surface area contributed by atoms with Gasteiger partial charge in [0.1, 0.15) is 6.04 Å². The van der Waals surface area contributed by atoms with E-state index < -0.39 is 6.04 Å². The van der Waals surface area contributed by atoms with Crippen LogP contribution in [0, 0.1) is 0 Å². The molecule has 1 aromatic carbocycles. The first kappa shape index (κ1) is 14.1. The lowest BCUT2D eigenvalue weighted by molar-refractivity contribution is -0.132. The number of nitrogens with zero attached hydrogens (tertiary/aromatic N) is 1. The molecule has 0 spiro atoms. The molecule has 2 unspecified atom stereocenters. The van der Waals surface area contributed by atoms with Gasteiger partial charge in [-0.15, -0.1) is 0 Å². The molecule has 2 atom stereocenters. The average Bonchev–Trinajstić information content (AvgIpc) is 2.37. The Morgan fingerprint density at radius 3 is 2.53 bits per heavy atom. The van der Waals surface area contributed by atoms with Crippen molar-refractivity contribution in [1.29, 1.82) is 0 Å². The van der Waals surface area contributed by atoms with E-state index in [9.17, 15) is 4.79 Å². The van der Waals surface area contributed by atoms with Crippen molar-refractivity contribution in [2.45, 2.75) is 19.0 Å². The molecule has 17 heavy (non-hydrogen) atoms. The molecule has 0 radical (unpaired) electrons. The van der Waals surface area contributed by atoms with Crippen LogP contribution in [0.25, 0.3) is 0 Å². The van der Waals surface area contributed by atoms with Gasteiger partial charge in [0.15, 0.2) is 0 Å². The van der Waals surface area contributed by atoms with Gasteiger partial charge in [0, 0.05) is 18.8 Å². The Morgan fingerprint density at radius 2 is 2.00 bits per heavy atom. The summed E-state index contributed by atoms with van der Waals surface area (Å²) in [4.78, 5) is 13.9. The molecule has 1 aromatic rings. The lowest BCUT2D eigenvalue weighted by atomic mass is 10.1. The van der Waals surface area contributed by atoms with Crippen LogP contribution in [0.1, 0.15) is 18.5 Å². The quantitative estimate of drug-likeness (QED) is 0.870. The summed E-state index contributed by atoms with van der Waals surface area (Å²) in [6, 6.07) is 9.12. The van der Waals surface area contributed by atoms with E-state index in [1.54, 1.807) is 16.7 Å². The number of likely N-dealkylation sites (N-methyl/N-ethyl adjacent to an activating group) is 1. The van der Waals surface area contributed by atoms with Crippen molar-refractivity contribution in [3.63, 3.8) is 0 Å². The van der Waals surface area contributed by atoms with Gasteiger partial charge in [-0.3, -0.25) is 4.79 Å². The molecule has 0 aromatic heterocycles. The van der Waals surface area contributed by atoms with Crippen molar-refractivity contribution in [1.82, 2.24) is 4.90 Å². The van der Waals surface area contributed by atoms with Gasteiger partial charge in [-0.1, -0.05) is 30.3 Å². The molecular weight excluding hydrogens is 232 g/mol. The van der Waals surface area contributed by atoms with Crippen LogP contribution in [0.15, 0.2) is 30.3 Å². The second-order valence-corrected chi connectivity index (χ2v) is 5.05. The number of hydrogen-bond donors (Lipinski definition) is 1. The van der Waals surface area contributed by atoms with Gasteiger partial charge < -0.3 is 10.6 Å². The van der Waals surface area contributed by atoms with Gasteiger partial charge in [-0.2, -0.15) is 11.8 Å². The minimum atomic E-state index is -0.564. The third-order valence-electron chi connectivity index (χ3n) is 2.84. The van der Waals surface area contributed by atoms with Crippen molar-refractivity contribution in [2.24, 2.45) is 5.73 Å². The molecular formula is C13H20N2OS. The molecule has 0 bridgehead atoms. The van der Waals surface area contributed by atoms with Crippen LogP contribution in [-0.4, -0.2) is 35.9 Å². The van der Waals surface area contributed by atoms with Crippen LogP contribution < -0.4 is 5.73 Å². The molecule has 4 heteroatoms. The predicted octanol–water partition coefficient (Wildman–Crippen LogP) is 1.90. The summed E-state index contributed by atoms with van der Waals surface area (Å²) < 4.78 is 0. The molecule has 0 saturated heterocycles. The third-order valence-corrected chi connectivity index (χ3v) is 3.66. The Bertz CT molecular complexity index is 356. The highest BCUT2D eigenvalue weighted by molar-refractivity contribution is 7.98. The average molecular weight is 252 g/mol. The van der Waals surface area contributed by atoms with Crippen LogP contribution in [-0.2, 0) is 4.79 Å². The monoisotopic (exact) mass is 252 g/mol. The van der Waals surface area contributed by atoms with E-state index in [1.807, 2.05) is 50.6 Å². The first-order valence-corrected chi connectivity index (χ1v) is 7.03. The molecule has 94 valence electrons. The maximum absolute atomic E-state index is 12.2. The minimum absolute atomic E-state index is 0.0299. The van der Waals surface area contributed by atoms with Gasteiger partial charge in [0.05, 0.1) is 0 Å². The first-order chi connectivity index (χ1) is 8.07. The predicted molar refractivity (Wildman–Crippen MR) is 74.0 cm³/mol. The largest absolute Gasteiger partial charge is 0.341 e. The summed E-state index contributed by atoms with van der Waals surface area (Å²) in [5.74, 6) is 0.891. The first-order valence-electron chi connectivity index (χ1n) is 5.64. The number of rotatable bonds is 5. The summed E-state index contributed by atoms with van der Waals surface area (Å²) in [6.07, 6.45) is 2.03. The van der Waals surface area contributed by atoms with Crippen LogP contribution in [0.3, 0.4) is 0 Å². The smallest absolute Gasteiger partial charge is 0.244 e. The number of benzene rings is 1. The Balaban J connectivity index is 2.70. The molecule has 0 fully saturated rings. The van der Waals surface area contributed by atoms with E-state index in [-0.39, 0.29) is 11.9 Å². The number of nitrogens with two attached hydrogens (primary N) is 1. The standard InChI is InChI=1S/C13H20N2OS/c1-10(9-17-3)15(2)13(16)12(14)11-7-5-4-6-8-11/h4-8,10,12H,9,14H2,1-3H3. The Kier molecular flexibility index (Phi) is 5.51. The maximum atomic E-state index is 12.2. The minimum Gasteiger partial charge on any atom is -0.341 e. The van der Waals surface area contributed by atoms with E-state index in [0.717, 1.165) is 11.3 Å². The molecule has 2 N–H and O–H groups in total. The summed E-state index contributed by atoms with van der Waals surface area (Å²) in [6.45, 7) is 2.03.